The number of methoxy groups -OCH3 is 1. The van der Waals surface area contributed by atoms with Crippen LogP contribution in [0.5, 0.6) is 0 Å². The van der Waals surface area contributed by atoms with Crippen molar-refractivity contribution in [1.29, 1.82) is 0 Å². The molecule has 0 fully saturated rings. The second-order valence-electron chi connectivity index (χ2n) is 3.33. The Morgan fingerprint density at radius 3 is 2.94 bits per heavy atom. The first-order valence-electron chi connectivity index (χ1n) is 4.97. The van der Waals surface area contributed by atoms with E-state index in [-0.39, 0.29) is 0 Å². The summed E-state index contributed by atoms with van der Waals surface area (Å²) in [5, 5.41) is 3.29. The minimum Gasteiger partial charge on any atom is -0.389 e. The summed E-state index contributed by atoms with van der Waals surface area (Å²) in [4.78, 5) is 0.404. The summed E-state index contributed by atoms with van der Waals surface area (Å²) < 4.78 is 5.98. The van der Waals surface area contributed by atoms with Gasteiger partial charge in [-0.3, -0.25) is 0 Å². The molecule has 0 saturated carbocycles. The molecule has 0 aliphatic heterocycles. The van der Waals surface area contributed by atoms with E-state index in [2.05, 4.69) is 21.2 Å². The molecule has 0 aliphatic rings. The van der Waals surface area contributed by atoms with Crippen LogP contribution in [-0.2, 0) is 4.74 Å². The van der Waals surface area contributed by atoms with Gasteiger partial charge in [-0.05, 0) is 24.6 Å². The molecule has 16 heavy (non-hydrogen) atoms. The molecule has 0 bridgehead atoms. The Bertz CT molecular complexity index is 371. The summed E-state index contributed by atoms with van der Waals surface area (Å²) >= 11 is 8.41. The molecule has 0 amide bonds. The van der Waals surface area contributed by atoms with Crippen LogP contribution < -0.4 is 11.1 Å². The van der Waals surface area contributed by atoms with Crippen LogP contribution >= 0.6 is 28.1 Å². The van der Waals surface area contributed by atoms with E-state index in [0.717, 1.165) is 35.3 Å². The number of halogens is 1. The Hall–Kier alpha value is -0.650. The molecule has 5 heteroatoms. The summed E-state index contributed by atoms with van der Waals surface area (Å²) in [6.45, 7) is 1.57. The van der Waals surface area contributed by atoms with Gasteiger partial charge in [-0.1, -0.05) is 28.1 Å². The third kappa shape index (κ3) is 4.08. The zero-order valence-electron chi connectivity index (χ0n) is 9.13. The Morgan fingerprint density at radius 2 is 2.31 bits per heavy atom. The summed E-state index contributed by atoms with van der Waals surface area (Å²) in [6, 6.07) is 5.81. The Kier molecular flexibility index (Phi) is 5.73. The lowest BCUT2D eigenvalue weighted by Crippen LogP contribution is -2.14. The fraction of sp³-hybridized carbons (Fsp3) is 0.364. The minimum atomic E-state index is 0.404. The number of thiocarbonyl (C=S) groups is 1. The van der Waals surface area contributed by atoms with Gasteiger partial charge in [-0.2, -0.15) is 0 Å². The minimum absolute atomic E-state index is 0.404. The van der Waals surface area contributed by atoms with Gasteiger partial charge in [-0.15, -0.1) is 0 Å². The van der Waals surface area contributed by atoms with Crippen molar-refractivity contribution in [2.75, 3.05) is 25.6 Å². The monoisotopic (exact) mass is 302 g/mol. The number of rotatable bonds is 6. The molecule has 3 N–H and O–H groups in total. The van der Waals surface area contributed by atoms with Gasteiger partial charge in [0.1, 0.15) is 4.99 Å². The number of nitrogens with two attached hydrogens (primary N) is 1. The molecule has 88 valence electrons. The molecule has 0 radical (unpaired) electrons. The SMILES string of the molecule is COCCCNc1cc(Br)ccc1C(N)=S. The fourth-order valence-electron chi connectivity index (χ4n) is 1.32. The van der Waals surface area contributed by atoms with Crippen LogP contribution in [0.1, 0.15) is 12.0 Å². The van der Waals surface area contributed by atoms with Gasteiger partial charge >= 0.3 is 0 Å². The van der Waals surface area contributed by atoms with E-state index in [0.29, 0.717) is 4.99 Å². The van der Waals surface area contributed by atoms with Crippen molar-refractivity contribution in [2.24, 2.45) is 5.73 Å². The number of ether oxygens (including phenoxy) is 1. The van der Waals surface area contributed by atoms with Crippen LogP contribution in [0.4, 0.5) is 5.69 Å². The summed E-state index contributed by atoms with van der Waals surface area (Å²) in [5.41, 5.74) is 7.47. The first-order chi connectivity index (χ1) is 7.65. The van der Waals surface area contributed by atoms with E-state index in [1.54, 1.807) is 7.11 Å². The molecular weight excluding hydrogens is 288 g/mol. The van der Waals surface area contributed by atoms with Crippen LogP contribution in [-0.4, -0.2) is 25.2 Å². The van der Waals surface area contributed by atoms with Gasteiger partial charge in [0.05, 0.1) is 0 Å². The van der Waals surface area contributed by atoms with Gasteiger partial charge < -0.3 is 15.8 Å². The predicted octanol–water partition coefficient (Wildman–Crippen LogP) is 2.53. The van der Waals surface area contributed by atoms with Gasteiger partial charge in [0, 0.05) is 36.0 Å². The maximum absolute atomic E-state index is 5.65. The normalized spacial score (nSPS) is 10.1. The molecule has 0 aliphatic carbocycles. The van der Waals surface area contributed by atoms with E-state index in [1.165, 1.54) is 0 Å². The highest BCUT2D eigenvalue weighted by molar-refractivity contribution is 9.10. The lowest BCUT2D eigenvalue weighted by atomic mass is 10.2. The first-order valence-corrected chi connectivity index (χ1v) is 6.17. The lowest BCUT2D eigenvalue weighted by Gasteiger charge is -2.11. The van der Waals surface area contributed by atoms with Crippen LogP contribution in [0.25, 0.3) is 0 Å². The Labute approximate surface area is 109 Å². The molecule has 0 heterocycles. The van der Waals surface area contributed by atoms with Crippen LogP contribution in [0.2, 0.25) is 0 Å². The zero-order chi connectivity index (χ0) is 12.0. The number of nitrogens with one attached hydrogen (secondary N) is 1. The lowest BCUT2D eigenvalue weighted by molar-refractivity contribution is 0.198. The van der Waals surface area contributed by atoms with Gasteiger partial charge in [0.2, 0.25) is 0 Å². The standard InChI is InChI=1S/C11H15BrN2OS/c1-15-6-2-5-14-10-7-8(12)3-4-9(10)11(13)16/h3-4,7,14H,2,5-6H2,1H3,(H2,13,16). The molecule has 0 unspecified atom stereocenters. The van der Waals surface area contributed by atoms with Crippen molar-refractivity contribution in [3.05, 3.63) is 28.2 Å². The second-order valence-corrected chi connectivity index (χ2v) is 4.68. The second kappa shape index (κ2) is 6.83. The predicted molar refractivity (Wildman–Crippen MR) is 75.0 cm³/mol. The van der Waals surface area contributed by atoms with Crippen molar-refractivity contribution in [3.8, 4) is 0 Å². The number of hydrogen-bond acceptors (Lipinski definition) is 3. The smallest absolute Gasteiger partial charge is 0.106 e. The molecule has 0 spiro atoms. The van der Waals surface area contributed by atoms with E-state index in [1.807, 2.05) is 18.2 Å². The van der Waals surface area contributed by atoms with Crippen molar-refractivity contribution in [3.63, 3.8) is 0 Å². The third-order valence-corrected chi connectivity index (χ3v) is 2.80. The molecule has 1 rings (SSSR count). The highest BCUT2D eigenvalue weighted by atomic mass is 79.9. The number of benzene rings is 1. The van der Waals surface area contributed by atoms with E-state index in [9.17, 15) is 0 Å². The quantitative estimate of drug-likeness (QED) is 0.626. The first kappa shape index (κ1) is 13.4. The average molecular weight is 303 g/mol. The van der Waals surface area contributed by atoms with E-state index < -0.39 is 0 Å². The van der Waals surface area contributed by atoms with E-state index >= 15 is 0 Å². The molecule has 0 saturated heterocycles. The molecule has 0 atom stereocenters. The van der Waals surface area contributed by atoms with Crippen LogP contribution in [0.3, 0.4) is 0 Å². The summed E-state index contributed by atoms with van der Waals surface area (Å²) in [5.74, 6) is 0. The van der Waals surface area contributed by atoms with Crippen LogP contribution in [0.15, 0.2) is 22.7 Å². The van der Waals surface area contributed by atoms with Crippen molar-refractivity contribution in [1.82, 2.24) is 0 Å². The summed E-state index contributed by atoms with van der Waals surface area (Å²) in [6.07, 6.45) is 0.944. The topological polar surface area (TPSA) is 47.3 Å². The highest BCUT2D eigenvalue weighted by Gasteiger charge is 2.04. The zero-order valence-corrected chi connectivity index (χ0v) is 11.5. The molecular formula is C11H15BrN2OS. The van der Waals surface area contributed by atoms with Gasteiger partial charge in [-0.25, -0.2) is 0 Å². The Morgan fingerprint density at radius 1 is 1.56 bits per heavy atom. The average Bonchev–Trinajstić information content (AvgIpc) is 2.24. The Balaban J connectivity index is 2.68. The van der Waals surface area contributed by atoms with Gasteiger partial charge in [0.25, 0.3) is 0 Å². The third-order valence-electron chi connectivity index (χ3n) is 2.09. The molecule has 1 aromatic carbocycles. The van der Waals surface area contributed by atoms with Crippen LogP contribution in [0, 0.1) is 0 Å². The largest absolute Gasteiger partial charge is 0.389 e. The maximum atomic E-state index is 5.65. The van der Waals surface area contributed by atoms with Crippen molar-refractivity contribution >= 4 is 38.8 Å². The van der Waals surface area contributed by atoms with Crippen molar-refractivity contribution < 1.29 is 4.74 Å². The highest BCUT2D eigenvalue weighted by Crippen LogP contribution is 2.21. The summed E-state index contributed by atoms with van der Waals surface area (Å²) in [7, 11) is 1.69. The van der Waals surface area contributed by atoms with Gasteiger partial charge in [0.15, 0.2) is 0 Å². The fourth-order valence-corrected chi connectivity index (χ4v) is 1.86. The molecule has 1 aromatic rings. The number of hydrogen-bond donors (Lipinski definition) is 2. The van der Waals surface area contributed by atoms with E-state index in [4.69, 9.17) is 22.7 Å². The maximum Gasteiger partial charge on any atom is 0.106 e. The molecule has 3 nitrogen and oxygen atoms in total. The number of anilines is 1. The molecule has 0 aromatic heterocycles. The van der Waals surface area contributed by atoms with Crippen molar-refractivity contribution in [2.45, 2.75) is 6.42 Å².